The van der Waals surface area contributed by atoms with E-state index in [9.17, 15) is 9.59 Å². The second-order valence-corrected chi connectivity index (χ2v) is 15.1. The summed E-state index contributed by atoms with van der Waals surface area (Å²) >= 11 is 0. The molecule has 0 saturated carbocycles. The number of carbonyl (C=O) groups excluding carboxylic acids is 1. The maximum atomic E-state index is 13.1. The summed E-state index contributed by atoms with van der Waals surface area (Å²) in [6.07, 6.45) is 14.3. The first kappa shape index (κ1) is 26.6. The zero-order valence-electron chi connectivity index (χ0n) is 19.7. The summed E-state index contributed by atoms with van der Waals surface area (Å²) < 4.78 is 0. The van der Waals surface area contributed by atoms with Gasteiger partial charge in [-0.3, -0.25) is 0 Å². The molecule has 1 rings (SSSR count). The Balaban J connectivity index is 3.68. The quantitative estimate of drug-likeness (QED) is 0.317. The van der Waals surface area contributed by atoms with Crippen LogP contribution in [-0.2, 0) is 4.79 Å². The van der Waals surface area contributed by atoms with E-state index >= 15 is 0 Å². The van der Waals surface area contributed by atoms with Gasteiger partial charge >= 0.3 is 184 Å². The van der Waals surface area contributed by atoms with Crippen LogP contribution < -0.4 is 10.6 Å². The molecule has 172 valence electrons. The van der Waals surface area contributed by atoms with Gasteiger partial charge in [0.25, 0.3) is 0 Å². The molecule has 0 spiro atoms. The van der Waals surface area contributed by atoms with Gasteiger partial charge in [0.1, 0.15) is 0 Å². The number of nitrogens with one attached hydrogen (secondary N) is 1. The van der Waals surface area contributed by atoms with Gasteiger partial charge < -0.3 is 0 Å². The third-order valence-electron chi connectivity index (χ3n) is 6.62. The van der Waals surface area contributed by atoms with Crippen LogP contribution in [-0.4, -0.2) is 48.2 Å². The van der Waals surface area contributed by atoms with Crippen molar-refractivity contribution in [2.24, 2.45) is 0 Å². The van der Waals surface area contributed by atoms with Crippen molar-refractivity contribution in [3.8, 4) is 0 Å². The molecule has 0 atom stereocenters. The van der Waals surface area contributed by atoms with Crippen LogP contribution in [0.25, 0.3) is 0 Å². The molecule has 0 aliphatic heterocycles. The third kappa shape index (κ3) is 6.80. The van der Waals surface area contributed by atoms with Crippen molar-refractivity contribution in [3.63, 3.8) is 0 Å². The minimum absolute atomic E-state index is 0.233. The van der Waals surface area contributed by atoms with Gasteiger partial charge in [-0.2, -0.15) is 0 Å². The fourth-order valence-electron chi connectivity index (χ4n) is 4.91. The van der Waals surface area contributed by atoms with E-state index in [0.717, 1.165) is 31.2 Å². The SMILES string of the molecule is CCCCP(CCCC)(CCCC)(CCCC)c1ccccc1C(=O)NCC(=O)O. The van der Waals surface area contributed by atoms with Gasteiger partial charge in [-0.1, -0.05) is 0 Å². The standard InChI is InChI=1S/C25H44NO3P/c1-5-9-17-30(18-10-6-2,19-11-7-3,20-12-8-4)23-16-14-13-15-22(23)25(29)26-21-24(27)28/h13-16H,5-12,17-21H2,1-4H3,(H,26,29)(H,27,28). The normalized spacial score (nSPS) is 12.9. The van der Waals surface area contributed by atoms with E-state index in [0.29, 0.717) is 0 Å². The second-order valence-electron chi connectivity index (χ2n) is 8.88. The Labute approximate surface area is 184 Å². The van der Waals surface area contributed by atoms with Gasteiger partial charge in [0, 0.05) is 0 Å². The third-order valence-corrected chi connectivity index (χ3v) is 14.3. The summed E-state index contributed by atoms with van der Waals surface area (Å²) in [5.74, 6) is -1.24. The van der Waals surface area contributed by atoms with Gasteiger partial charge in [0.2, 0.25) is 0 Å². The fourth-order valence-corrected chi connectivity index (χ4v) is 13.2. The number of carbonyl (C=O) groups is 2. The Kier molecular flexibility index (Phi) is 11.6. The van der Waals surface area contributed by atoms with E-state index in [-0.39, 0.29) is 12.5 Å². The number of amides is 1. The Morgan fingerprint density at radius 1 is 0.800 bits per heavy atom. The summed E-state index contributed by atoms with van der Waals surface area (Å²) in [6.45, 7) is 6.32. The van der Waals surface area contributed by atoms with Crippen LogP contribution in [0.4, 0.5) is 0 Å². The topological polar surface area (TPSA) is 66.4 Å². The van der Waals surface area contributed by atoms with E-state index < -0.39 is 12.6 Å². The summed E-state index contributed by atoms with van der Waals surface area (Å²) in [5.41, 5.74) is 0.718. The first-order valence-corrected chi connectivity index (χ1v) is 15.0. The molecule has 0 aliphatic rings. The molecule has 0 saturated heterocycles. The van der Waals surface area contributed by atoms with Crippen molar-refractivity contribution in [2.75, 3.05) is 31.2 Å². The molecule has 5 heteroatoms. The fraction of sp³-hybridized carbons (Fsp3) is 0.680. The molecule has 0 unspecified atom stereocenters. The van der Waals surface area contributed by atoms with Crippen LogP contribution in [0.5, 0.6) is 0 Å². The van der Waals surface area contributed by atoms with Crippen LogP contribution in [0.2, 0.25) is 0 Å². The first-order chi connectivity index (χ1) is 14.4. The molecule has 0 aromatic heterocycles. The van der Waals surface area contributed by atoms with Gasteiger partial charge in [0.15, 0.2) is 0 Å². The van der Waals surface area contributed by atoms with Crippen LogP contribution in [0.1, 0.15) is 89.4 Å². The van der Waals surface area contributed by atoms with Crippen molar-refractivity contribution in [1.29, 1.82) is 0 Å². The Morgan fingerprint density at radius 3 is 1.63 bits per heavy atom. The zero-order valence-corrected chi connectivity index (χ0v) is 20.6. The van der Waals surface area contributed by atoms with Gasteiger partial charge in [-0.15, -0.1) is 0 Å². The molecule has 2 N–H and O–H groups in total. The number of carboxylic acids is 1. The van der Waals surface area contributed by atoms with Crippen molar-refractivity contribution in [3.05, 3.63) is 29.8 Å². The summed E-state index contributed by atoms with van der Waals surface area (Å²) in [6, 6.07) is 8.14. The number of hydrogen-bond donors (Lipinski definition) is 2. The molecule has 0 aliphatic carbocycles. The summed E-state index contributed by atoms with van der Waals surface area (Å²) in [4.78, 5) is 24.1. The Hall–Kier alpha value is -1.41. The van der Waals surface area contributed by atoms with Crippen LogP contribution in [0.3, 0.4) is 0 Å². The molecule has 1 aromatic carbocycles. The molecule has 0 fully saturated rings. The first-order valence-electron chi connectivity index (χ1n) is 12.0. The van der Waals surface area contributed by atoms with Crippen LogP contribution in [0, 0.1) is 0 Å². The molecule has 0 radical (unpaired) electrons. The van der Waals surface area contributed by atoms with Crippen LogP contribution in [0.15, 0.2) is 24.3 Å². The Bertz CT molecular complexity index is 631. The van der Waals surface area contributed by atoms with Crippen molar-refractivity contribution in [2.45, 2.75) is 79.1 Å². The maximum absolute atomic E-state index is 13.1. The summed E-state index contributed by atoms with van der Waals surface area (Å²) in [7, 11) is 0. The molecule has 0 heterocycles. The Morgan fingerprint density at radius 2 is 1.23 bits per heavy atom. The van der Waals surface area contributed by atoms with Gasteiger partial charge in [0.05, 0.1) is 0 Å². The number of aliphatic carboxylic acids is 1. The van der Waals surface area contributed by atoms with E-state index in [1.165, 1.54) is 55.6 Å². The minimum atomic E-state index is -2.39. The molecule has 30 heavy (non-hydrogen) atoms. The summed E-state index contributed by atoms with van der Waals surface area (Å²) in [5, 5.41) is 13.0. The molecule has 1 amide bonds. The van der Waals surface area contributed by atoms with Crippen LogP contribution >= 0.6 is 6.60 Å². The van der Waals surface area contributed by atoms with E-state index in [2.05, 4.69) is 45.1 Å². The number of unbranched alkanes of at least 4 members (excludes halogenated alkanes) is 4. The van der Waals surface area contributed by atoms with Gasteiger partial charge in [-0.25, -0.2) is 0 Å². The average Bonchev–Trinajstić information content (AvgIpc) is 2.77. The molecular formula is C25H44NO3P. The number of carboxylic acid groups (broad SMARTS) is 1. The molecular weight excluding hydrogens is 393 g/mol. The number of hydrogen-bond acceptors (Lipinski definition) is 2. The van der Waals surface area contributed by atoms with Gasteiger partial charge in [-0.05, 0) is 0 Å². The zero-order chi connectivity index (χ0) is 22.5. The molecule has 1 aromatic rings. The van der Waals surface area contributed by atoms with E-state index in [1.807, 2.05) is 12.1 Å². The van der Waals surface area contributed by atoms with E-state index in [4.69, 9.17) is 5.11 Å². The predicted molar refractivity (Wildman–Crippen MR) is 132 cm³/mol. The van der Waals surface area contributed by atoms with Crippen molar-refractivity contribution < 1.29 is 14.7 Å². The number of rotatable bonds is 16. The van der Waals surface area contributed by atoms with Crippen molar-refractivity contribution in [1.82, 2.24) is 5.32 Å². The van der Waals surface area contributed by atoms with E-state index in [1.54, 1.807) is 0 Å². The monoisotopic (exact) mass is 437 g/mol. The molecule has 4 nitrogen and oxygen atoms in total. The number of benzene rings is 1. The second kappa shape index (κ2) is 13.1. The predicted octanol–water partition coefficient (Wildman–Crippen LogP) is 5.88. The molecule has 0 bridgehead atoms. The average molecular weight is 438 g/mol. The van der Waals surface area contributed by atoms with Crippen molar-refractivity contribution >= 4 is 23.8 Å².